The van der Waals surface area contributed by atoms with Gasteiger partial charge in [0.25, 0.3) is 0 Å². The Bertz CT molecular complexity index is 392. The van der Waals surface area contributed by atoms with E-state index in [2.05, 4.69) is 16.7 Å². The molecule has 0 saturated heterocycles. The fourth-order valence-electron chi connectivity index (χ4n) is 2.90. The molecule has 2 atom stereocenters. The SMILES string of the molecule is Clc1cccc2c1NCC1CCCCC1N2. The number of anilines is 2. The largest absolute Gasteiger partial charge is 0.382 e. The van der Waals surface area contributed by atoms with E-state index in [1.807, 2.05) is 12.1 Å². The van der Waals surface area contributed by atoms with Gasteiger partial charge in [0.05, 0.1) is 16.4 Å². The summed E-state index contributed by atoms with van der Waals surface area (Å²) >= 11 is 6.21. The van der Waals surface area contributed by atoms with Crippen LogP contribution in [0.4, 0.5) is 11.4 Å². The Labute approximate surface area is 101 Å². The molecule has 1 saturated carbocycles. The Balaban J connectivity index is 1.92. The molecule has 0 radical (unpaired) electrons. The standard InChI is InChI=1S/C13H17ClN2/c14-10-5-3-7-12-13(10)15-8-9-4-1-2-6-11(9)16-12/h3,5,7,9,11,15-16H,1-2,4,6,8H2. The van der Waals surface area contributed by atoms with Gasteiger partial charge in [-0.3, -0.25) is 0 Å². The van der Waals surface area contributed by atoms with Gasteiger partial charge < -0.3 is 10.6 Å². The van der Waals surface area contributed by atoms with E-state index in [0.717, 1.165) is 23.2 Å². The zero-order chi connectivity index (χ0) is 11.0. The molecule has 0 bridgehead atoms. The second kappa shape index (κ2) is 4.17. The van der Waals surface area contributed by atoms with Crippen LogP contribution < -0.4 is 10.6 Å². The molecule has 1 aliphatic heterocycles. The first-order valence-corrected chi connectivity index (χ1v) is 6.51. The number of hydrogen-bond donors (Lipinski definition) is 2. The normalized spacial score (nSPS) is 28.1. The van der Waals surface area contributed by atoms with Crippen LogP contribution in [0.5, 0.6) is 0 Å². The van der Waals surface area contributed by atoms with Crippen molar-refractivity contribution < 1.29 is 0 Å². The Morgan fingerprint density at radius 1 is 1.19 bits per heavy atom. The number of fused-ring (bicyclic) bond motifs is 2. The van der Waals surface area contributed by atoms with Crippen molar-refractivity contribution in [3.8, 4) is 0 Å². The minimum Gasteiger partial charge on any atom is -0.382 e. The van der Waals surface area contributed by atoms with Crippen LogP contribution in [0, 0.1) is 5.92 Å². The summed E-state index contributed by atoms with van der Waals surface area (Å²) in [5.74, 6) is 0.747. The Kier molecular flexibility index (Phi) is 2.68. The van der Waals surface area contributed by atoms with Gasteiger partial charge in [-0.05, 0) is 30.9 Å². The molecule has 2 aliphatic rings. The van der Waals surface area contributed by atoms with Crippen LogP contribution >= 0.6 is 11.6 Å². The average Bonchev–Trinajstić information content (AvgIpc) is 2.48. The summed E-state index contributed by atoms with van der Waals surface area (Å²) in [6, 6.07) is 6.70. The van der Waals surface area contributed by atoms with Gasteiger partial charge in [0.2, 0.25) is 0 Å². The first-order valence-electron chi connectivity index (χ1n) is 6.13. The van der Waals surface area contributed by atoms with E-state index < -0.39 is 0 Å². The third-order valence-electron chi connectivity index (χ3n) is 3.80. The first kappa shape index (κ1) is 10.3. The van der Waals surface area contributed by atoms with Crippen molar-refractivity contribution in [2.45, 2.75) is 31.7 Å². The molecule has 2 nitrogen and oxygen atoms in total. The fourth-order valence-corrected chi connectivity index (χ4v) is 3.14. The molecule has 16 heavy (non-hydrogen) atoms. The Morgan fingerprint density at radius 3 is 3.00 bits per heavy atom. The molecule has 0 aromatic heterocycles. The van der Waals surface area contributed by atoms with E-state index >= 15 is 0 Å². The quantitative estimate of drug-likeness (QED) is 0.717. The summed E-state index contributed by atoms with van der Waals surface area (Å²) in [4.78, 5) is 0. The topological polar surface area (TPSA) is 24.1 Å². The highest BCUT2D eigenvalue weighted by molar-refractivity contribution is 6.34. The van der Waals surface area contributed by atoms with Crippen LogP contribution in [0.15, 0.2) is 18.2 Å². The van der Waals surface area contributed by atoms with Gasteiger partial charge in [-0.1, -0.05) is 30.5 Å². The lowest BCUT2D eigenvalue weighted by atomic mass is 9.84. The maximum absolute atomic E-state index is 6.21. The fraction of sp³-hybridized carbons (Fsp3) is 0.538. The van der Waals surface area contributed by atoms with E-state index in [0.29, 0.717) is 6.04 Å². The van der Waals surface area contributed by atoms with Crippen molar-refractivity contribution in [3.05, 3.63) is 23.2 Å². The molecule has 2 unspecified atom stereocenters. The molecule has 1 fully saturated rings. The summed E-state index contributed by atoms with van der Waals surface area (Å²) in [5.41, 5.74) is 2.25. The molecule has 1 heterocycles. The van der Waals surface area contributed by atoms with Crippen LogP contribution in [0.2, 0.25) is 5.02 Å². The molecule has 1 aromatic rings. The van der Waals surface area contributed by atoms with Gasteiger partial charge in [0, 0.05) is 12.6 Å². The number of hydrogen-bond acceptors (Lipinski definition) is 2. The Morgan fingerprint density at radius 2 is 2.06 bits per heavy atom. The molecular weight excluding hydrogens is 220 g/mol. The molecular formula is C13H17ClN2. The maximum atomic E-state index is 6.21. The monoisotopic (exact) mass is 236 g/mol. The molecule has 0 spiro atoms. The minimum absolute atomic E-state index is 0.626. The van der Waals surface area contributed by atoms with E-state index in [-0.39, 0.29) is 0 Å². The number of benzene rings is 1. The number of nitrogens with one attached hydrogen (secondary N) is 2. The lowest BCUT2D eigenvalue weighted by molar-refractivity contribution is 0.342. The van der Waals surface area contributed by atoms with Crippen LogP contribution in [0.1, 0.15) is 25.7 Å². The van der Waals surface area contributed by atoms with Crippen LogP contribution in [-0.2, 0) is 0 Å². The first-order chi connectivity index (χ1) is 7.84. The maximum Gasteiger partial charge on any atom is 0.0765 e. The van der Waals surface area contributed by atoms with Crippen LogP contribution in [0.3, 0.4) is 0 Å². The third-order valence-corrected chi connectivity index (χ3v) is 4.12. The minimum atomic E-state index is 0.626. The average molecular weight is 237 g/mol. The van der Waals surface area contributed by atoms with Crippen LogP contribution in [0.25, 0.3) is 0 Å². The summed E-state index contributed by atoms with van der Waals surface area (Å²) in [5, 5.41) is 7.98. The van der Waals surface area contributed by atoms with Gasteiger partial charge in [-0.25, -0.2) is 0 Å². The van der Waals surface area contributed by atoms with Gasteiger partial charge in [-0.2, -0.15) is 0 Å². The van der Waals surface area contributed by atoms with Gasteiger partial charge in [-0.15, -0.1) is 0 Å². The predicted molar refractivity (Wildman–Crippen MR) is 69.3 cm³/mol. The number of rotatable bonds is 0. The summed E-state index contributed by atoms with van der Waals surface area (Å²) < 4.78 is 0. The van der Waals surface area contributed by atoms with Crippen molar-refractivity contribution in [2.75, 3.05) is 17.2 Å². The lowest BCUT2D eigenvalue weighted by Gasteiger charge is -2.30. The number of para-hydroxylation sites is 1. The summed E-state index contributed by atoms with van der Waals surface area (Å²) in [7, 11) is 0. The second-order valence-corrected chi connectivity index (χ2v) is 5.25. The second-order valence-electron chi connectivity index (χ2n) is 4.84. The highest BCUT2D eigenvalue weighted by Crippen LogP contribution is 2.37. The molecule has 2 N–H and O–H groups in total. The molecule has 1 aliphatic carbocycles. The molecule has 1 aromatic carbocycles. The smallest absolute Gasteiger partial charge is 0.0765 e. The molecule has 0 amide bonds. The molecule has 3 rings (SSSR count). The van der Waals surface area contributed by atoms with Gasteiger partial charge in [0.15, 0.2) is 0 Å². The van der Waals surface area contributed by atoms with E-state index in [9.17, 15) is 0 Å². The third kappa shape index (κ3) is 1.75. The molecule has 3 heteroatoms. The summed E-state index contributed by atoms with van der Waals surface area (Å²) in [6.45, 7) is 1.05. The highest BCUT2D eigenvalue weighted by Gasteiger charge is 2.28. The van der Waals surface area contributed by atoms with Gasteiger partial charge in [0.1, 0.15) is 0 Å². The Hall–Kier alpha value is -0.890. The van der Waals surface area contributed by atoms with E-state index in [1.165, 1.54) is 31.4 Å². The molecule has 86 valence electrons. The van der Waals surface area contributed by atoms with Crippen LogP contribution in [-0.4, -0.2) is 12.6 Å². The zero-order valence-electron chi connectivity index (χ0n) is 9.30. The van der Waals surface area contributed by atoms with E-state index in [1.54, 1.807) is 0 Å². The van der Waals surface area contributed by atoms with Crippen molar-refractivity contribution in [1.29, 1.82) is 0 Å². The van der Waals surface area contributed by atoms with Crippen molar-refractivity contribution in [3.63, 3.8) is 0 Å². The predicted octanol–water partition coefficient (Wildman–Crippen LogP) is 3.74. The van der Waals surface area contributed by atoms with E-state index in [4.69, 9.17) is 11.6 Å². The van der Waals surface area contributed by atoms with Crippen molar-refractivity contribution in [1.82, 2.24) is 0 Å². The number of halogens is 1. The highest BCUT2D eigenvalue weighted by atomic mass is 35.5. The summed E-state index contributed by atoms with van der Waals surface area (Å²) in [6.07, 6.45) is 5.34. The lowest BCUT2D eigenvalue weighted by Crippen LogP contribution is -2.34. The zero-order valence-corrected chi connectivity index (χ0v) is 10.1. The van der Waals surface area contributed by atoms with Gasteiger partial charge >= 0.3 is 0 Å². The van der Waals surface area contributed by atoms with Crippen molar-refractivity contribution in [2.24, 2.45) is 5.92 Å². The van der Waals surface area contributed by atoms with Crippen molar-refractivity contribution >= 4 is 23.0 Å².